The van der Waals surface area contributed by atoms with Gasteiger partial charge in [0.05, 0.1) is 5.69 Å². The van der Waals surface area contributed by atoms with Crippen LogP contribution in [-0.4, -0.2) is 4.98 Å². The van der Waals surface area contributed by atoms with Crippen LogP contribution in [-0.2, 0) is 0 Å². The first-order valence-electron chi connectivity index (χ1n) is 6.23. The van der Waals surface area contributed by atoms with Gasteiger partial charge in [-0.05, 0) is 31.2 Å². The maximum absolute atomic E-state index is 13.9. The molecule has 21 heavy (non-hydrogen) atoms. The maximum atomic E-state index is 13.9. The topological polar surface area (TPSA) is 12.9 Å². The molecule has 1 nitrogen and oxygen atoms in total. The third-order valence-electron chi connectivity index (χ3n) is 3.06. The van der Waals surface area contributed by atoms with Crippen molar-refractivity contribution in [3.8, 4) is 21.8 Å². The summed E-state index contributed by atoms with van der Waals surface area (Å²) in [5, 5.41) is 0.556. The van der Waals surface area contributed by atoms with Crippen LogP contribution in [0.25, 0.3) is 21.8 Å². The number of benzene rings is 2. The fourth-order valence-corrected chi connectivity index (χ4v) is 3.44. The number of hydrogen-bond donors (Lipinski definition) is 0. The highest BCUT2D eigenvalue weighted by Crippen LogP contribution is 2.35. The predicted octanol–water partition coefficient (Wildman–Crippen LogP) is 5.83. The highest BCUT2D eigenvalue weighted by molar-refractivity contribution is 9.10. The van der Waals surface area contributed by atoms with E-state index in [1.165, 1.54) is 23.5 Å². The number of thiazole rings is 1. The second-order valence-corrected chi connectivity index (χ2v) is 6.68. The minimum absolute atomic E-state index is 0.325. The fraction of sp³-hybridized carbons (Fsp3) is 0.0625. The summed E-state index contributed by atoms with van der Waals surface area (Å²) in [6, 6.07) is 11.3. The molecule has 0 amide bonds. The van der Waals surface area contributed by atoms with Crippen LogP contribution >= 0.6 is 27.3 Å². The van der Waals surface area contributed by atoms with E-state index in [4.69, 9.17) is 0 Å². The van der Waals surface area contributed by atoms with Crippen molar-refractivity contribution < 1.29 is 8.78 Å². The largest absolute Gasteiger partial charge is 0.236 e. The molecule has 1 heterocycles. The molecule has 0 N–H and O–H groups in total. The van der Waals surface area contributed by atoms with E-state index in [1.54, 1.807) is 0 Å². The van der Waals surface area contributed by atoms with Crippen LogP contribution in [0, 0.1) is 18.6 Å². The summed E-state index contributed by atoms with van der Waals surface area (Å²) in [5.41, 5.74) is 2.11. The molecule has 0 aliphatic carbocycles. The Kier molecular flexibility index (Phi) is 3.87. The average molecular weight is 366 g/mol. The van der Waals surface area contributed by atoms with E-state index >= 15 is 0 Å². The molecule has 0 fully saturated rings. The Labute approximate surface area is 133 Å². The molecule has 0 atom stereocenters. The molecule has 0 spiro atoms. The van der Waals surface area contributed by atoms with Crippen LogP contribution in [0.2, 0.25) is 0 Å². The summed E-state index contributed by atoms with van der Waals surface area (Å²) in [7, 11) is 0. The Morgan fingerprint density at radius 2 is 1.90 bits per heavy atom. The van der Waals surface area contributed by atoms with E-state index in [2.05, 4.69) is 20.9 Å². The van der Waals surface area contributed by atoms with Gasteiger partial charge in [0.15, 0.2) is 0 Å². The zero-order chi connectivity index (χ0) is 15.0. The molecular weight excluding hydrogens is 356 g/mol. The summed E-state index contributed by atoms with van der Waals surface area (Å²) < 4.78 is 27.8. The second-order valence-electron chi connectivity index (χ2n) is 4.56. The monoisotopic (exact) mass is 365 g/mol. The van der Waals surface area contributed by atoms with Crippen molar-refractivity contribution in [1.29, 1.82) is 0 Å². The van der Waals surface area contributed by atoms with Gasteiger partial charge in [0.25, 0.3) is 0 Å². The lowest BCUT2D eigenvalue weighted by atomic mass is 10.1. The lowest BCUT2D eigenvalue weighted by molar-refractivity contribution is 0.585. The van der Waals surface area contributed by atoms with Gasteiger partial charge in [-0.1, -0.05) is 28.1 Å². The second kappa shape index (κ2) is 5.66. The van der Waals surface area contributed by atoms with Crippen LogP contribution in [0.15, 0.2) is 46.9 Å². The summed E-state index contributed by atoms with van der Waals surface area (Å²) in [6.45, 7) is 1.94. The molecule has 0 aliphatic rings. The van der Waals surface area contributed by atoms with Crippen LogP contribution in [0.3, 0.4) is 0 Å². The van der Waals surface area contributed by atoms with Crippen LogP contribution in [0.1, 0.15) is 4.88 Å². The van der Waals surface area contributed by atoms with E-state index < -0.39 is 11.6 Å². The number of nitrogens with zero attached hydrogens (tertiary/aromatic N) is 1. The van der Waals surface area contributed by atoms with Crippen molar-refractivity contribution in [2.45, 2.75) is 6.92 Å². The van der Waals surface area contributed by atoms with Crippen LogP contribution in [0.4, 0.5) is 8.78 Å². The van der Waals surface area contributed by atoms with Crippen molar-refractivity contribution in [3.05, 3.63) is 63.4 Å². The first kappa shape index (κ1) is 14.4. The highest BCUT2D eigenvalue weighted by Gasteiger charge is 2.14. The summed E-state index contributed by atoms with van der Waals surface area (Å²) in [4.78, 5) is 5.51. The minimum atomic E-state index is -0.593. The number of hydrogen-bond acceptors (Lipinski definition) is 2. The number of aromatic nitrogens is 1. The fourth-order valence-electron chi connectivity index (χ4n) is 2.08. The van der Waals surface area contributed by atoms with Gasteiger partial charge in [-0.25, -0.2) is 13.8 Å². The molecule has 2 aromatic carbocycles. The number of rotatable bonds is 2. The zero-order valence-corrected chi connectivity index (χ0v) is 13.4. The molecule has 0 bridgehead atoms. The van der Waals surface area contributed by atoms with Crippen molar-refractivity contribution >= 4 is 27.3 Å². The van der Waals surface area contributed by atoms with Gasteiger partial charge in [0.2, 0.25) is 0 Å². The summed E-state index contributed by atoms with van der Waals surface area (Å²) in [6.07, 6.45) is 0. The average Bonchev–Trinajstić information content (AvgIpc) is 2.80. The molecular formula is C16H10BrF2NS. The van der Waals surface area contributed by atoms with E-state index in [0.29, 0.717) is 10.6 Å². The molecule has 0 unspecified atom stereocenters. The normalized spacial score (nSPS) is 10.9. The third-order valence-corrected chi connectivity index (χ3v) is 4.55. The van der Waals surface area contributed by atoms with Gasteiger partial charge in [-0.15, -0.1) is 11.3 Å². The van der Waals surface area contributed by atoms with Gasteiger partial charge in [-0.2, -0.15) is 0 Å². The van der Waals surface area contributed by atoms with Crippen molar-refractivity contribution in [3.63, 3.8) is 0 Å². The molecule has 5 heteroatoms. The first-order valence-corrected chi connectivity index (χ1v) is 7.84. The van der Waals surface area contributed by atoms with Crippen molar-refractivity contribution in [2.24, 2.45) is 0 Å². The molecule has 106 valence electrons. The summed E-state index contributed by atoms with van der Waals surface area (Å²) >= 11 is 4.83. The van der Waals surface area contributed by atoms with Crippen LogP contribution in [0.5, 0.6) is 0 Å². The van der Waals surface area contributed by atoms with Crippen molar-refractivity contribution in [1.82, 2.24) is 4.98 Å². The van der Waals surface area contributed by atoms with E-state index in [0.717, 1.165) is 26.7 Å². The standard InChI is InChI=1S/C16H10BrF2NS/c1-9-15(10-3-2-4-11(17)7-10)20-16(21-9)13-6-5-12(18)8-14(13)19/h2-8H,1H3. The molecule has 3 aromatic rings. The van der Waals surface area contributed by atoms with E-state index in [-0.39, 0.29) is 0 Å². The van der Waals surface area contributed by atoms with E-state index in [1.807, 2.05) is 31.2 Å². The molecule has 3 rings (SSSR count). The van der Waals surface area contributed by atoms with Crippen molar-refractivity contribution in [2.75, 3.05) is 0 Å². The molecule has 0 aliphatic heterocycles. The smallest absolute Gasteiger partial charge is 0.136 e. The lowest BCUT2D eigenvalue weighted by Crippen LogP contribution is -1.86. The Balaban J connectivity index is 2.09. The van der Waals surface area contributed by atoms with Gasteiger partial charge < -0.3 is 0 Å². The van der Waals surface area contributed by atoms with E-state index in [9.17, 15) is 8.78 Å². The maximum Gasteiger partial charge on any atom is 0.136 e. The Hall–Kier alpha value is -1.59. The SMILES string of the molecule is Cc1sc(-c2ccc(F)cc2F)nc1-c1cccc(Br)c1. The highest BCUT2D eigenvalue weighted by atomic mass is 79.9. The number of aryl methyl sites for hydroxylation is 1. The Morgan fingerprint density at radius 1 is 1.10 bits per heavy atom. The van der Waals surface area contributed by atoms with Gasteiger partial charge in [0.1, 0.15) is 16.6 Å². The van der Waals surface area contributed by atoms with Gasteiger partial charge >= 0.3 is 0 Å². The molecule has 1 aromatic heterocycles. The first-order chi connectivity index (χ1) is 10.0. The molecule has 0 saturated heterocycles. The molecule has 0 saturated carbocycles. The number of halogens is 3. The quantitative estimate of drug-likeness (QED) is 0.556. The summed E-state index contributed by atoms with van der Waals surface area (Å²) in [5.74, 6) is -1.18. The third kappa shape index (κ3) is 2.89. The molecule has 0 radical (unpaired) electrons. The minimum Gasteiger partial charge on any atom is -0.236 e. The van der Waals surface area contributed by atoms with Gasteiger partial charge in [-0.3, -0.25) is 0 Å². The Morgan fingerprint density at radius 3 is 2.62 bits per heavy atom. The van der Waals surface area contributed by atoms with Crippen LogP contribution < -0.4 is 0 Å². The lowest BCUT2D eigenvalue weighted by Gasteiger charge is -2.00. The Bertz CT molecular complexity index is 814. The zero-order valence-electron chi connectivity index (χ0n) is 11.0. The van der Waals surface area contributed by atoms with Gasteiger partial charge in [0, 0.05) is 26.5 Å². The predicted molar refractivity (Wildman–Crippen MR) is 85.3 cm³/mol.